The summed E-state index contributed by atoms with van der Waals surface area (Å²) in [5.41, 5.74) is 5.78. The summed E-state index contributed by atoms with van der Waals surface area (Å²) < 4.78 is 5.68. The Bertz CT molecular complexity index is 879. The molecule has 3 aromatic rings. The SMILES string of the molecule is CC(NC(=O)Cc1coc2cc3c(cc12)CCC3)c1ccccc1. The van der Waals surface area contributed by atoms with Gasteiger partial charge in [-0.15, -0.1) is 0 Å². The first-order valence-electron chi connectivity index (χ1n) is 8.57. The highest BCUT2D eigenvalue weighted by Crippen LogP contribution is 2.30. The molecule has 1 aliphatic rings. The van der Waals surface area contributed by atoms with E-state index in [9.17, 15) is 4.79 Å². The largest absolute Gasteiger partial charge is 0.464 e. The van der Waals surface area contributed by atoms with Crippen LogP contribution in [0.1, 0.15) is 41.6 Å². The van der Waals surface area contributed by atoms with Crippen LogP contribution in [-0.4, -0.2) is 5.91 Å². The average molecular weight is 319 g/mol. The first kappa shape index (κ1) is 15.0. The zero-order chi connectivity index (χ0) is 16.5. The minimum atomic E-state index is 0.00103. The van der Waals surface area contributed by atoms with Crippen molar-refractivity contribution in [2.45, 2.75) is 38.6 Å². The van der Waals surface area contributed by atoms with Gasteiger partial charge in [-0.2, -0.15) is 0 Å². The lowest BCUT2D eigenvalue weighted by atomic mass is 10.0. The first-order valence-corrected chi connectivity index (χ1v) is 8.57. The molecule has 1 aromatic heterocycles. The average Bonchev–Trinajstić information content (AvgIpc) is 3.20. The fourth-order valence-electron chi connectivity index (χ4n) is 3.58. The number of carbonyl (C=O) groups is 1. The molecule has 2 aromatic carbocycles. The first-order chi connectivity index (χ1) is 11.7. The van der Waals surface area contributed by atoms with E-state index in [1.807, 2.05) is 37.3 Å². The lowest BCUT2D eigenvalue weighted by Gasteiger charge is -2.14. The number of rotatable bonds is 4. The van der Waals surface area contributed by atoms with Crippen molar-refractivity contribution in [1.29, 1.82) is 0 Å². The monoisotopic (exact) mass is 319 g/mol. The maximum Gasteiger partial charge on any atom is 0.225 e. The normalized spacial score (nSPS) is 14.5. The number of amides is 1. The van der Waals surface area contributed by atoms with Crippen LogP contribution in [0.25, 0.3) is 11.0 Å². The van der Waals surface area contributed by atoms with Crippen molar-refractivity contribution in [3.05, 3.63) is 71.0 Å². The summed E-state index contributed by atoms with van der Waals surface area (Å²) in [6.07, 6.45) is 5.56. The maximum atomic E-state index is 12.4. The minimum absolute atomic E-state index is 0.00103. The molecule has 122 valence electrons. The van der Waals surface area contributed by atoms with Crippen LogP contribution in [0.5, 0.6) is 0 Å². The number of aryl methyl sites for hydroxylation is 2. The number of nitrogens with one attached hydrogen (secondary N) is 1. The predicted molar refractivity (Wildman–Crippen MR) is 94.9 cm³/mol. The van der Waals surface area contributed by atoms with E-state index in [4.69, 9.17) is 4.42 Å². The summed E-state index contributed by atoms with van der Waals surface area (Å²) in [5.74, 6) is 0.0227. The highest BCUT2D eigenvalue weighted by Gasteiger charge is 2.17. The van der Waals surface area contributed by atoms with Gasteiger partial charge < -0.3 is 9.73 Å². The van der Waals surface area contributed by atoms with Crippen LogP contribution in [0.4, 0.5) is 0 Å². The molecule has 0 radical (unpaired) electrons. The molecule has 3 heteroatoms. The fraction of sp³-hybridized carbons (Fsp3) is 0.286. The van der Waals surface area contributed by atoms with Crippen molar-refractivity contribution >= 4 is 16.9 Å². The summed E-state index contributed by atoms with van der Waals surface area (Å²) in [7, 11) is 0. The highest BCUT2D eigenvalue weighted by atomic mass is 16.3. The molecule has 0 bridgehead atoms. The van der Waals surface area contributed by atoms with Gasteiger partial charge in [-0.3, -0.25) is 4.79 Å². The van der Waals surface area contributed by atoms with E-state index in [2.05, 4.69) is 17.4 Å². The van der Waals surface area contributed by atoms with Crippen LogP contribution >= 0.6 is 0 Å². The lowest BCUT2D eigenvalue weighted by molar-refractivity contribution is -0.121. The smallest absolute Gasteiger partial charge is 0.225 e. The Morgan fingerprint density at radius 3 is 2.71 bits per heavy atom. The lowest BCUT2D eigenvalue weighted by Crippen LogP contribution is -2.28. The summed E-state index contributed by atoms with van der Waals surface area (Å²) >= 11 is 0. The summed E-state index contributed by atoms with van der Waals surface area (Å²) in [4.78, 5) is 12.4. The van der Waals surface area contributed by atoms with Gasteiger partial charge in [-0.1, -0.05) is 30.3 Å². The molecular formula is C21H21NO2. The van der Waals surface area contributed by atoms with Crippen LogP contribution in [0, 0.1) is 0 Å². The standard InChI is InChI=1S/C21H21NO2/c1-14(15-6-3-2-4-7-15)22-21(23)12-18-13-24-20-11-17-9-5-8-16(17)10-19(18)20/h2-4,6-7,10-11,13-14H,5,8-9,12H2,1H3,(H,22,23). The molecule has 1 aliphatic carbocycles. The van der Waals surface area contributed by atoms with E-state index in [0.717, 1.165) is 34.9 Å². The molecule has 0 spiro atoms. The Labute approximate surface area is 141 Å². The third-order valence-electron chi connectivity index (χ3n) is 4.90. The van der Waals surface area contributed by atoms with E-state index in [-0.39, 0.29) is 11.9 Å². The van der Waals surface area contributed by atoms with Crippen LogP contribution in [-0.2, 0) is 24.1 Å². The molecule has 0 saturated carbocycles. The van der Waals surface area contributed by atoms with Crippen molar-refractivity contribution in [3.63, 3.8) is 0 Å². The van der Waals surface area contributed by atoms with Gasteiger partial charge >= 0.3 is 0 Å². The second kappa shape index (κ2) is 6.16. The minimum Gasteiger partial charge on any atom is -0.464 e. The second-order valence-corrected chi connectivity index (χ2v) is 6.61. The van der Waals surface area contributed by atoms with Crippen molar-refractivity contribution in [3.8, 4) is 0 Å². The Hall–Kier alpha value is -2.55. The van der Waals surface area contributed by atoms with Gasteiger partial charge in [-0.05, 0) is 55.0 Å². The maximum absolute atomic E-state index is 12.4. The number of fused-ring (bicyclic) bond motifs is 2. The van der Waals surface area contributed by atoms with Gasteiger partial charge in [-0.25, -0.2) is 0 Å². The highest BCUT2D eigenvalue weighted by molar-refractivity contribution is 5.88. The van der Waals surface area contributed by atoms with Crippen molar-refractivity contribution < 1.29 is 9.21 Å². The van der Waals surface area contributed by atoms with Gasteiger partial charge in [0.25, 0.3) is 0 Å². The van der Waals surface area contributed by atoms with Crippen LogP contribution in [0.2, 0.25) is 0 Å². The molecule has 24 heavy (non-hydrogen) atoms. The van der Waals surface area contributed by atoms with Crippen molar-refractivity contribution in [1.82, 2.24) is 5.32 Å². The second-order valence-electron chi connectivity index (χ2n) is 6.61. The van der Waals surface area contributed by atoms with Crippen molar-refractivity contribution in [2.24, 2.45) is 0 Å². The van der Waals surface area contributed by atoms with E-state index >= 15 is 0 Å². The Balaban J connectivity index is 1.51. The third kappa shape index (κ3) is 2.82. The van der Waals surface area contributed by atoms with E-state index < -0.39 is 0 Å². The van der Waals surface area contributed by atoms with E-state index in [1.165, 1.54) is 17.5 Å². The van der Waals surface area contributed by atoms with Crippen molar-refractivity contribution in [2.75, 3.05) is 0 Å². The van der Waals surface area contributed by atoms with Crippen LogP contribution < -0.4 is 5.32 Å². The Morgan fingerprint density at radius 2 is 1.92 bits per heavy atom. The number of hydrogen-bond donors (Lipinski definition) is 1. The van der Waals surface area contributed by atoms with E-state index in [1.54, 1.807) is 6.26 Å². The zero-order valence-electron chi connectivity index (χ0n) is 13.8. The van der Waals surface area contributed by atoms with E-state index in [0.29, 0.717) is 6.42 Å². The number of carbonyl (C=O) groups excluding carboxylic acids is 1. The number of furan rings is 1. The van der Waals surface area contributed by atoms with Gasteiger partial charge in [0.05, 0.1) is 18.7 Å². The molecule has 0 saturated heterocycles. The quantitative estimate of drug-likeness (QED) is 0.777. The van der Waals surface area contributed by atoms with Gasteiger partial charge in [0.15, 0.2) is 0 Å². The Kier molecular flexibility index (Phi) is 3.85. The fourth-order valence-corrected chi connectivity index (χ4v) is 3.58. The molecule has 1 heterocycles. The number of hydrogen-bond acceptors (Lipinski definition) is 2. The molecule has 1 amide bonds. The summed E-state index contributed by atoms with van der Waals surface area (Å²) in [5, 5.41) is 4.15. The zero-order valence-corrected chi connectivity index (χ0v) is 13.8. The van der Waals surface area contributed by atoms with Crippen LogP contribution in [0.15, 0.2) is 53.1 Å². The molecule has 4 rings (SSSR count). The molecule has 1 atom stereocenters. The Morgan fingerprint density at radius 1 is 1.17 bits per heavy atom. The molecule has 0 fully saturated rings. The summed E-state index contributed by atoms with van der Waals surface area (Å²) in [6.45, 7) is 2.01. The summed E-state index contributed by atoms with van der Waals surface area (Å²) in [6, 6.07) is 14.4. The molecule has 3 nitrogen and oxygen atoms in total. The predicted octanol–water partition coefficient (Wildman–Crippen LogP) is 4.34. The van der Waals surface area contributed by atoms with Gasteiger partial charge in [0.2, 0.25) is 5.91 Å². The molecular weight excluding hydrogens is 298 g/mol. The topological polar surface area (TPSA) is 42.2 Å². The molecule has 1 unspecified atom stereocenters. The molecule has 1 N–H and O–H groups in total. The van der Waals surface area contributed by atoms with Gasteiger partial charge in [0.1, 0.15) is 5.58 Å². The number of benzene rings is 2. The molecule has 0 aliphatic heterocycles. The van der Waals surface area contributed by atoms with Crippen LogP contribution in [0.3, 0.4) is 0 Å². The third-order valence-corrected chi connectivity index (χ3v) is 4.90. The van der Waals surface area contributed by atoms with Gasteiger partial charge in [0, 0.05) is 10.9 Å².